The van der Waals surface area contributed by atoms with E-state index in [9.17, 15) is 4.79 Å². The number of carbonyl (C=O) groups excluding carboxylic acids is 1. The Hall–Kier alpha value is -2.44. The summed E-state index contributed by atoms with van der Waals surface area (Å²) in [6, 6.07) is 5.85. The molecule has 0 spiro atoms. The van der Waals surface area contributed by atoms with Gasteiger partial charge in [-0.1, -0.05) is 42.9 Å². The molecule has 0 N–H and O–H groups in total. The zero-order valence-corrected chi connectivity index (χ0v) is 18.4. The summed E-state index contributed by atoms with van der Waals surface area (Å²) in [5.74, 6) is -0.398. The third-order valence-electron chi connectivity index (χ3n) is 4.27. The van der Waals surface area contributed by atoms with Crippen LogP contribution in [0.25, 0.3) is 16.6 Å². The number of ether oxygens (including phenoxy) is 1. The summed E-state index contributed by atoms with van der Waals surface area (Å²) in [5, 5.41) is 6.20. The van der Waals surface area contributed by atoms with Crippen LogP contribution in [0.2, 0.25) is 5.02 Å². The molecular weight excluding hydrogens is 406 g/mol. The number of nitrogens with zero attached hydrogens (tertiary/aromatic N) is 3. The molecule has 0 aliphatic heterocycles. The average Bonchev–Trinajstić information content (AvgIpc) is 3.26. The first-order chi connectivity index (χ1) is 13.9. The molecule has 3 aromatic rings. The number of hydrogen-bond acceptors (Lipinski definition) is 4. The molecule has 0 amide bonds. The zero-order chi connectivity index (χ0) is 21.0. The fourth-order valence-electron chi connectivity index (χ4n) is 3.02. The van der Waals surface area contributed by atoms with Gasteiger partial charge in [0.2, 0.25) is 0 Å². The Balaban J connectivity index is 1.96. The lowest BCUT2D eigenvalue weighted by atomic mass is 10.2. The second-order valence-electron chi connectivity index (χ2n) is 6.59. The summed E-state index contributed by atoms with van der Waals surface area (Å²) in [6.45, 7) is 10.9. The Kier molecular flexibility index (Phi) is 6.87. The first-order valence-corrected chi connectivity index (χ1v) is 10.7. The van der Waals surface area contributed by atoms with E-state index in [4.69, 9.17) is 16.3 Å². The van der Waals surface area contributed by atoms with Crippen molar-refractivity contribution in [1.29, 1.82) is 0 Å². The predicted molar refractivity (Wildman–Crippen MR) is 120 cm³/mol. The van der Waals surface area contributed by atoms with E-state index in [1.165, 1.54) is 0 Å². The molecule has 0 radical (unpaired) electrons. The SMILES string of the molecule is C=C(/C=C(\C)Sc1cn(-c2cnn(CCC)c2)c2cc(Cl)ccc12)C(=O)OCC. The van der Waals surface area contributed by atoms with Crippen molar-refractivity contribution in [2.75, 3.05) is 6.61 Å². The molecule has 2 aromatic heterocycles. The minimum atomic E-state index is -0.398. The summed E-state index contributed by atoms with van der Waals surface area (Å²) >= 11 is 7.84. The molecule has 0 unspecified atom stereocenters. The Bertz CT molecular complexity index is 1080. The normalized spacial score (nSPS) is 11.8. The van der Waals surface area contributed by atoms with Crippen molar-refractivity contribution in [3.8, 4) is 5.69 Å². The summed E-state index contributed by atoms with van der Waals surface area (Å²) in [7, 11) is 0. The molecule has 0 atom stereocenters. The van der Waals surface area contributed by atoms with E-state index in [2.05, 4.69) is 29.4 Å². The maximum atomic E-state index is 11.8. The van der Waals surface area contributed by atoms with Gasteiger partial charge in [-0.05, 0) is 43.4 Å². The van der Waals surface area contributed by atoms with E-state index < -0.39 is 5.97 Å². The number of esters is 1. The third kappa shape index (κ3) is 4.95. The van der Waals surface area contributed by atoms with Crippen molar-refractivity contribution < 1.29 is 9.53 Å². The number of aromatic nitrogens is 3. The van der Waals surface area contributed by atoms with Gasteiger partial charge in [0, 0.05) is 34.2 Å². The Morgan fingerprint density at radius 3 is 2.86 bits per heavy atom. The van der Waals surface area contributed by atoms with Crippen LogP contribution in [0.15, 0.2) is 64.8 Å². The number of benzene rings is 1. The number of hydrogen-bond donors (Lipinski definition) is 0. The van der Waals surface area contributed by atoms with Gasteiger partial charge in [0.15, 0.2) is 0 Å². The van der Waals surface area contributed by atoms with Gasteiger partial charge in [-0.15, -0.1) is 0 Å². The summed E-state index contributed by atoms with van der Waals surface area (Å²) in [5.41, 5.74) is 2.33. The van der Waals surface area contributed by atoms with Crippen molar-refractivity contribution in [1.82, 2.24) is 14.3 Å². The molecular formula is C22H24ClN3O2S. The van der Waals surface area contributed by atoms with Gasteiger partial charge < -0.3 is 9.30 Å². The van der Waals surface area contributed by atoms with Gasteiger partial charge >= 0.3 is 5.97 Å². The van der Waals surface area contributed by atoms with Crippen LogP contribution in [0.5, 0.6) is 0 Å². The van der Waals surface area contributed by atoms with Crippen LogP contribution in [-0.2, 0) is 16.1 Å². The molecule has 3 rings (SSSR count). The smallest absolute Gasteiger partial charge is 0.337 e. The van der Waals surface area contributed by atoms with E-state index in [1.54, 1.807) is 24.8 Å². The van der Waals surface area contributed by atoms with Crippen LogP contribution in [0, 0.1) is 0 Å². The average molecular weight is 430 g/mol. The molecule has 5 nitrogen and oxygen atoms in total. The van der Waals surface area contributed by atoms with Crippen LogP contribution < -0.4 is 0 Å². The quantitative estimate of drug-likeness (QED) is 0.190. The highest BCUT2D eigenvalue weighted by Crippen LogP contribution is 2.37. The standard InChI is InChI=1S/C22H24ClN3O2S/c1-5-9-25-13-18(12-24-25)26-14-21(19-8-7-17(23)11-20(19)26)29-16(4)10-15(3)22(27)28-6-2/h7-8,10-14H,3,5-6,9H2,1-2,4H3/b16-10+. The number of allylic oxidation sites excluding steroid dienone is 1. The summed E-state index contributed by atoms with van der Waals surface area (Å²) in [6.07, 6.45) is 8.73. The molecule has 2 heterocycles. The molecule has 0 saturated carbocycles. The molecule has 29 heavy (non-hydrogen) atoms. The Morgan fingerprint density at radius 2 is 2.14 bits per heavy atom. The molecule has 1 aromatic carbocycles. The lowest BCUT2D eigenvalue weighted by Gasteiger charge is -2.03. The van der Waals surface area contributed by atoms with Crippen molar-refractivity contribution in [2.45, 2.75) is 38.6 Å². The molecule has 0 aliphatic carbocycles. The van der Waals surface area contributed by atoms with E-state index in [0.717, 1.165) is 39.4 Å². The highest BCUT2D eigenvalue weighted by Gasteiger charge is 2.14. The molecule has 0 fully saturated rings. The second-order valence-corrected chi connectivity index (χ2v) is 8.31. The number of aryl methyl sites for hydroxylation is 1. The molecule has 0 aliphatic rings. The van der Waals surface area contributed by atoms with Gasteiger partial charge in [-0.2, -0.15) is 5.10 Å². The molecule has 7 heteroatoms. The molecule has 0 bridgehead atoms. The van der Waals surface area contributed by atoms with Crippen LogP contribution in [0.1, 0.15) is 27.2 Å². The summed E-state index contributed by atoms with van der Waals surface area (Å²) < 4.78 is 9.03. The monoisotopic (exact) mass is 429 g/mol. The zero-order valence-electron chi connectivity index (χ0n) is 16.8. The van der Waals surface area contributed by atoms with E-state index >= 15 is 0 Å². The molecule has 152 valence electrons. The Morgan fingerprint density at radius 1 is 1.34 bits per heavy atom. The van der Waals surface area contributed by atoms with Crippen LogP contribution in [0.4, 0.5) is 0 Å². The van der Waals surface area contributed by atoms with Crippen LogP contribution in [0.3, 0.4) is 0 Å². The maximum Gasteiger partial charge on any atom is 0.337 e. The van der Waals surface area contributed by atoms with Crippen molar-refractivity contribution >= 4 is 40.2 Å². The van der Waals surface area contributed by atoms with Crippen molar-refractivity contribution in [3.05, 3.63) is 64.9 Å². The van der Waals surface area contributed by atoms with E-state index in [1.807, 2.05) is 42.2 Å². The van der Waals surface area contributed by atoms with E-state index in [-0.39, 0.29) is 0 Å². The fourth-order valence-corrected chi connectivity index (χ4v) is 4.18. The van der Waals surface area contributed by atoms with Crippen LogP contribution in [-0.4, -0.2) is 26.9 Å². The number of fused-ring (bicyclic) bond motifs is 1. The first-order valence-electron chi connectivity index (χ1n) is 9.48. The lowest BCUT2D eigenvalue weighted by Crippen LogP contribution is -2.04. The minimum Gasteiger partial charge on any atom is -0.462 e. The highest BCUT2D eigenvalue weighted by atomic mass is 35.5. The minimum absolute atomic E-state index is 0.331. The summed E-state index contributed by atoms with van der Waals surface area (Å²) in [4.78, 5) is 13.8. The number of thioether (sulfide) groups is 1. The topological polar surface area (TPSA) is 49.0 Å². The van der Waals surface area contributed by atoms with Gasteiger partial charge in [-0.3, -0.25) is 4.68 Å². The number of rotatable bonds is 8. The second kappa shape index (κ2) is 9.37. The van der Waals surface area contributed by atoms with Crippen molar-refractivity contribution in [2.24, 2.45) is 0 Å². The van der Waals surface area contributed by atoms with Crippen LogP contribution >= 0.6 is 23.4 Å². The highest BCUT2D eigenvalue weighted by molar-refractivity contribution is 8.03. The number of carbonyl (C=O) groups is 1. The first kappa shape index (κ1) is 21.3. The van der Waals surface area contributed by atoms with Gasteiger partial charge in [0.1, 0.15) is 0 Å². The van der Waals surface area contributed by atoms with Gasteiger partial charge in [-0.25, -0.2) is 4.79 Å². The van der Waals surface area contributed by atoms with Crippen molar-refractivity contribution in [3.63, 3.8) is 0 Å². The van der Waals surface area contributed by atoms with E-state index in [0.29, 0.717) is 17.2 Å². The fraction of sp³-hybridized carbons (Fsp3) is 0.273. The number of halogens is 1. The maximum absolute atomic E-state index is 11.8. The Labute approximate surface area is 180 Å². The lowest BCUT2D eigenvalue weighted by molar-refractivity contribution is -0.138. The van der Waals surface area contributed by atoms with Gasteiger partial charge in [0.25, 0.3) is 0 Å². The van der Waals surface area contributed by atoms with Gasteiger partial charge in [0.05, 0.1) is 29.6 Å². The third-order valence-corrected chi connectivity index (χ3v) is 5.49. The largest absolute Gasteiger partial charge is 0.462 e. The predicted octanol–water partition coefficient (Wildman–Crippen LogP) is 6.01. The molecule has 0 saturated heterocycles.